The Kier molecular flexibility index (Phi) is 7.85. The molecule has 3 aromatic rings. The topological polar surface area (TPSA) is 72.7 Å². The first-order chi connectivity index (χ1) is 16.2. The van der Waals surface area contributed by atoms with Crippen molar-refractivity contribution in [1.82, 2.24) is 19.7 Å². The molecule has 8 nitrogen and oxygen atoms in total. The molecule has 2 aromatic carbocycles. The molecule has 1 aliphatic rings. The Bertz CT molecular complexity index is 1030. The number of hydrogen-bond donors (Lipinski definition) is 0. The summed E-state index contributed by atoms with van der Waals surface area (Å²) in [6, 6.07) is 18.0. The number of carbonyl (C=O) groups is 1. The van der Waals surface area contributed by atoms with E-state index in [9.17, 15) is 4.79 Å². The molecule has 0 saturated carbocycles. The molecule has 0 spiro atoms. The number of ether oxygens (including phenoxy) is 2. The van der Waals surface area contributed by atoms with Crippen LogP contribution in [0.2, 0.25) is 0 Å². The lowest BCUT2D eigenvalue weighted by molar-refractivity contribution is -0.128. The Morgan fingerprint density at radius 2 is 1.70 bits per heavy atom. The maximum atomic E-state index is 12.9. The summed E-state index contributed by atoms with van der Waals surface area (Å²) in [7, 11) is 3.34. The molecule has 0 unspecified atom stereocenters. The fraction of sp³-hybridized carbons (Fsp3) is 0.375. The summed E-state index contributed by atoms with van der Waals surface area (Å²) in [5.41, 5.74) is 2.14. The number of amides is 1. The zero-order valence-electron chi connectivity index (χ0n) is 19.0. The maximum Gasteiger partial charge on any atom is 0.233 e. The second-order valence-corrected chi connectivity index (χ2v) is 8.61. The molecule has 1 aliphatic heterocycles. The van der Waals surface area contributed by atoms with Gasteiger partial charge in [-0.05, 0) is 24.3 Å². The summed E-state index contributed by atoms with van der Waals surface area (Å²) in [4.78, 5) is 17.1. The SMILES string of the molecule is COCCn1c(SCC(=O)N2CCN(c3ccc(OC)cc3)CC2)nnc1-c1ccccc1. The average Bonchev–Trinajstić information content (AvgIpc) is 3.29. The minimum absolute atomic E-state index is 0.122. The predicted molar refractivity (Wildman–Crippen MR) is 130 cm³/mol. The molecule has 1 fully saturated rings. The molecule has 0 radical (unpaired) electrons. The van der Waals surface area contributed by atoms with Gasteiger partial charge in [0.1, 0.15) is 5.75 Å². The molecule has 9 heteroatoms. The third-order valence-corrected chi connectivity index (χ3v) is 6.61. The van der Waals surface area contributed by atoms with Crippen molar-refractivity contribution in [3.63, 3.8) is 0 Å². The van der Waals surface area contributed by atoms with Gasteiger partial charge in [-0.3, -0.25) is 9.36 Å². The molecule has 0 aliphatic carbocycles. The second-order valence-electron chi connectivity index (χ2n) is 7.67. The molecule has 0 bridgehead atoms. The highest BCUT2D eigenvalue weighted by Crippen LogP contribution is 2.25. The number of nitrogens with zero attached hydrogens (tertiary/aromatic N) is 5. The molecular weight excluding hydrogens is 438 g/mol. The van der Waals surface area contributed by atoms with E-state index in [-0.39, 0.29) is 5.91 Å². The molecule has 1 amide bonds. The number of anilines is 1. The van der Waals surface area contributed by atoms with Crippen molar-refractivity contribution in [3.8, 4) is 17.1 Å². The van der Waals surface area contributed by atoms with Gasteiger partial charge in [-0.1, -0.05) is 42.1 Å². The van der Waals surface area contributed by atoms with Gasteiger partial charge in [0.25, 0.3) is 0 Å². The highest BCUT2D eigenvalue weighted by molar-refractivity contribution is 7.99. The van der Waals surface area contributed by atoms with Crippen molar-refractivity contribution in [3.05, 3.63) is 54.6 Å². The van der Waals surface area contributed by atoms with Crippen LogP contribution in [0.15, 0.2) is 59.8 Å². The monoisotopic (exact) mass is 467 g/mol. The van der Waals surface area contributed by atoms with E-state index in [1.165, 1.54) is 11.8 Å². The van der Waals surface area contributed by atoms with E-state index in [1.54, 1.807) is 14.2 Å². The summed E-state index contributed by atoms with van der Waals surface area (Å²) in [5.74, 6) is 2.09. The number of aromatic nitrogens is 3. The number of benzene rings is 2. The highest BCUT2D eigenvalue weighted by atomic mass is 32.2. The van der Waals surface area contributed by atoms with Gasteiger partial charge in [-0.15, -0.1) is 10.2 Å². The van der Waals surface area contributed by atoms with E-state index in [1.807, 2.05) is 51.9 Å². The van der Waals surface area contributed by atoms with Crippen LogP contribution in [0.3, 0.4) is 0 Å². The number of thioether (sulfide) groups is 1. The fourth-order valence-corrected chi connectivity index (χ4v) is 4.67. The van der Waals surface area contributed by atoms with Gasteiger partial charge in [0.2, 0.25) is 5.91 Å². The summed E-state index contributed by atoms with van der Waals surface area (Å²) in [6.45, 7) is 4.21. The van der Waals surface area contributed by atoms with Crippen LogP contribution in [-0.4, -0.2) is 78.3 Å². The van der Waals surface area contributed by atoms with Crippen molar-refractivity contribution in [1.29, 1.82) is 0 Å². The van der Waals surface area contributed by atoms with Crippen LogP contribution < -0.4 is 9.64 Å². The zero-order chi connectivity index (χ0) is 23.0. The Balaban J connectivity index is 1.34. The number of carbonyl (C=O) groups excluding carboxylic acids is 1. The van der Waals surface area contributed by atoms with E-state index < -0.39 is 0 Å². The minimum atomic E-state index is 0.122. The Morgan fingerprint density at radius 3 is 2.36 bits per heavy atom. The van der Waals surface area contributed by atoms with Crippen molar-refractivity contribution in [2.75, 3.05) is 57.7 Å². The third-order valence-electron chi connectivity index (χ3n) is 5.66. The van der Waals surface area contributed by atoms with Crippen LogP contribution in [-0.2, 0) is 16.1 Å². The van der Waals surface area contributed by atoms with Crippen LogP contribution in [0, 0.1) is 0 Å². The smallest absolute Gasteiger partial charge is 0.233 e. The summed E-state index contributed by atoms with van der Waals surface area (Å²) >= 11 is 1.43. The van der Waals surface area contributed by atoms with E-state index in [2.05, 4.69) is 27.2 Å². The third kappa shape index (κ3) is 5.66. The maximum absolute atomic E-state index is 12.9. The van der Waals surface area contributed by atoms with Gasteiger partial charge >= 0.3 is 0 Å². The van der Waals surface area contributed by atoms with E-state index in [0.717, 1.165) is 41.1 Å². The summed E-state index contributed by atoms with van der Waals surface area (Å²) in [5, 5.41) is 9.47. The Labute approximate surface area is 198 Å². The largest absolute Gasteiger partial charge is 0.497 e. The van der Waals surface area contributed by atoms with E-state index >= 15 is 0 Å². The van der Waals surface area contributed by atoms with Crippen LogP contribution in [0.4, 0.5) is 5.69 Å². The minimum Gasteiger partial charge on any atom is -0.497 e. The first-order valence-corrected chi connectivity index (χ1v) is 12.0. The molecule has 2 heterocycles. The van der Waals surface area contributed by atoms with Gasteiger partial charge in [-0.2, -0.15) is 0 Å². The standard InChI is InChI=1S/C24H29N5O3S/c1-31-17-16-29-23(19-6-4-3-5-7-19)25-26-24(29)33-18-22(30)28-14-12-27(13-15-28)20-8-10-21(32-2)11-9-20/h3-11H,12-18H2,1-2H3. The van der Waals surface area contributed by atoms with Crippen molar-refractivity contribution >= 4 is 23.4 Å². The van der Waals surface area contributed by atoms with Crippen LogP contribution in [0.1, 0.15) is 0 Å². The van der Waals surface area contributed by atoms with Crippen LogP contribution in [0.5, 0.6) is 5.75 Å². The van der Waals surface area contributed by atoms with Crippen LogP contribution in [0.25, 0.3) is 11.4 Å². The van der Waals surface area contributed by atoms with E-state index in [4.69, 9.17) is 9.47 Å². The fourth-order valence-electron chi connectivity index (χ4n) is 3.81. The Morgan fingerprint density at radius 1 is 0.970 bits per heavy atom. The van der Waals surface area contributed by atoms with Gasteiger partial charge in [-0.25, -0.2) is 0 Å². The second kappa shape index (κ2) is 11.2. The molecule has 4 rings (SSSR count). The lowest BCUT2D eigenvalue weighted by Crippen LogP contribution is -2.49. The number of methoxy groups -OCH3 is 2. The van der Waals surface area contributed by atoms with E-state index in [0.29, 0.717) is 32.0 Å². The van der Waals surface area contributed by atoms with Gasteiger partial charge in [0.05, 0.1) is 26.0 Å². The molecule has 1 saturated heterocycles. The van der Waals surface area contributed by atoms with Crippen molar-refractivity contribution in [2.45, 2.75) is 11.7 Å². The number of hydrogen-bond acceptors (Lipinski definition) is 7. The first-order valence-electron chi connectivity index (χ1n) is 11.0. The highest BCUT2D eigenvalue weighted by Gasteiger charge is 2.23. The molecule has 0 atom stereocenters. The zero-order valence-corrected chi connectivity index (χ0v) is 19.8. The Hall–Kier alpha value is -3.04. The molecule has 174 valence electrons. The van der Waals surface area contributed by atoms with Gasteiger partial charge < -0.3 is 19.3 Å². The predicted octanol–water partition coefficient (Wildman–Crippen LogP) is 3.04. The molecule has 0 N–H and O–H groups in total. The van der Waals surface area contributed by atoms with Crippen LogP contribution >= 0.6 is 11.8 Å². The quantitative estimate of drug-likeness (QED) is 0.448. The van der Waals surface area contributed by atoms with Gasteiger partial charge in [0, 0.05) is 44.5 Å². The lowest BCUT2D eigenvalue weighted by Gasteiger charge is -2.36. The molecule has 33 heavy (non-hydrogen) atoms. The van der Waals surface area contributed by atoms with Crippen molar-refractivity contribution in [2.24, 2.45) is 0 Å². The average molecular weight is 468 g/mol. The van der Waals surface area contributed by atoms with Gasteiger partial charge in [0.15, 0.2) is 11.0 Å². The summed E-state index contributed by atoms with van der Waals surface area (Å²) in [6.07, 6.45) is 0. The number of piperazine rings is 1. The van der Waals surface area contributed by atoms with Crippen molar-refractivity contribution < 1.29 is 14.3 Å². The first kappa shape index (κ1) is 23.1. The normalized spacial score (nSPS) is 13.9. The summed E-state index contributed by atoms with van der Waals surface area (Å²) < 4.78 is 12.5. The lowest BCUT2D eigenvalue weighted by atomic mass is 10.2. The number of rotatable bonds is 9. The molecule has 1 aromatic heterocycles. The molecular formula is C24H29N5O3S.